The molecule has 6 heteroatoms. The molecule has 0 unspecified atom stereocenters. The first-order chi connectivity index (χ1) is 9.45. The second-order valence-corrected chi connectivity index (χ2v) is 6.69. The van der Waals surface area contributed by atoms with Gasteiger partial charge >= 0.3 is 5.69 Å². The molecule has 3 aromatic heterocycles. The Morgan fingerprint density at radius 2 is 2.10 bits per heavy atom. The summed E-state index contributed by atoms with van der Waals surface area (Å²) in [6.45, 7) is 6.80. The van der Waals surface area contributed by atoms with Crippen molar-refractivity contribution in [1.29, 1.82) is 0 Å². The van der Waals surface area contributed by atoms with Gasteiger partial charge in [-0.05, 0) is 12.1 Å². The molecule has 0 fully saturated rings. The van der Waals surface area contributed by atoms with Crippen molar-refractivity contribution in [1.82, 2.24) is 19.2 Å². The predicted molar refractivity (Wildman–Crippen MR) is 79.4 cm³/mol. The van der Waals surface area contributed by atoms with Crippen LogP contribution in [0.3, 0.4) is 0 Å². The number of hydrogen-bond acceptors (Lipinski definition) is 4. The SMILES string of the molecule is CC(C)(C)c1csc(Cn2nc3ccccn3c2=O)n1. The average Bonchev–Trinajstić information content (AvgIpc) is 2.97. The summed E-state index contributed by atoms with van der Waals surface area (Å²) in [4.78, 5) is 16.8. The molecular weight excluding hydrogens is 272 g/mol. The second kappa shape index (κ2) is 4.56. The van der Waals surface area contributed by atoms with E-state index in [9.17, 15) is 4.79 Å². The summed E-state index contributed by atoms with van der Waals surface area (Å²) < 4.78 is 3.00. The number of thiazole rings is 1. The summed E-state index contributed by atoms with van der Waals surface area (Å²) >= 11 is 1.57. The Morgan fingerprint density at radius 1 is 1.30 bits per heavy atom. The Bertz CT molecular complexity index is 806. The zero-order chi connectivity index (χ0) is 14.3. The third-order valence-electron chi connectivity index (χ3n) is 3.09. The zero-order valence-corrected chi connectivity index (χ0v) is 12.5. The smallest absolute Gasteiger partial charge is 0.250 e. The van der Waals surface area contributed by atoms with Crippen LogP contribution in [0.15, 0.2) is 34.6 Å². The van der Waals surface area contributed by atoms with Gasteiger partial charge in [-0.2, -0.15) is 0 Å². The molecule has 0 radical (unpaired) electrons. The summed E-state index contributed by atoms with van der Waals surface area (Å²) in [6, 6.07) is 5.51. The van der Waals surface area contributed by atoms with Crippen molar-refractivity contribution >= 4 is 17.0 Å². The number of rotatable bonds is 2. The first-order valence-corrected chi connectivity index (χ1v) is 7.32. The highest BCUT2D eigenvalue weighted by molar-refractivity contribution is 7.09. The van der Waals surface area contributed by atoms with E-state index in [1.54, 1.807) is 17.5 Å². The predicted octanol–water partition coefficient (Wildman–Crippen LogP) is 2.30. The molecule has 0 saturated carbocycles. The minimum absolute atomic E-state index is 0.0264. The van der Waals surface area contributed by atoms with Crippen LogP contribution in [0.5, 0.6) is 0 Å². The van der Waals surface area contributed by atoms with E-state index < -0.39 is 0 Å². The van der Waals surface area contributed by atoms with Crippen LogP contribution in [0.2, 0.25) is 0 Å². The molecule has 3 aromatic rings. The number of aromatic nitrogens is 4. The largest absolute Gasteiger partial charge is 0.350 e. The van der Waals surface area contributed by atoms with Gasteiger partial charge in [-0.25, -0.2) is 14.5 Å². The molecule has 104 valence electrons. The van der Waals surface area contributed by atoms with Gasteiger partial charge in [0, 0.05) is 17.0 Å². The average molecular weight is 288 g/mol. The maximum atomic E-state index is 12.2. The van der Waals surface area contributed by atoms with Crippen molar-refractivity contribution in [2.24, 2.45) is 0 Å². The van der Waals surface area contributed by atoms with E-state index in [0.717, 1.165) is 10.7 Å². The third kappa shape index (κ3) is 2.27. The molecule has 0 amide bonds. The summed E-state index contributed by atoms with van der Waals surface area (Å²) in [6.07, 6.45) is 1.73. The Morgan fingerprint density at radius 3 is 2.75 bits per heavy atom. The lowest BCUT2D eigenvalue weighted by atomic mass is 9.93. The number of hydrogen-bond donors (Lipinski definition) is 0. The Kier molecular flexibility index (Phi) is 2.97. The van der Waals surface area contributed by atoms with Gasteiger partial charge < -0.3 is 0 Å². The van der Waals surface area contributed by atoms with Crippen molar-refractivity contribution in [2.45, 2.75) is 32.7 Å². The van der Waals surface area contributed by atoms with Crippen molar-refractivity contribution in [3.8, 4) is 0 Å². The Hall–Kier alpha value is -1.95. The lowest BCUT2D eigenvalue weighted by Gasteiger charge is -2.14. The van der Waals surface area contributed by atoms with Crippen LogP contribution in [0.25, 0.3) is 5.65 Å². The minimum atomic E-state index is -0.131. The Balaban J connectivity index is 1.95. The summed E-state index contributed by atoms with van der Waals surface area (Å²) in [5.74, 6) is 0. The van der Waals surface area contributed by atoms with E-state index in [4.69, 9.17) is 0 Å². The molecular formula is C14H16N4OS. The van der Waals surface area contributed by atoms with Gasteiger partial charge in [-0.15, -0.1) is 16.4 Å². The van der Waals surface area contributed by atoms with Crippen LogP contribution < -0.4 is 5.69 Å². The molecule has 0 aliphatic heterocycles. The lowest BCUT2D eigenvalue weighted by Crippen LogP contribution is -2.21. The highest BCUT2D eigenvalue weighted by atomic mass is 32.1. The van der Waals surface area contributed by atoms with Crippen molar-refractivity contribution < 1.29 is 0 Å². The van der Waals surface area contributed by atoms with E-state index in [0.29, 0.717) is 12.2 Å². The van der Waals surface area contributed by atoms with Gasteiger partial charge in [0.2, 0.25) is 0 Å². The third-order valence-corrected chi connectivity index (χ3v) is 3.93. The molecule has 0 aromatic carbocycles. The van der Waals surface area contributed by atoms with Gasteiger partial charge in [-0.1, -0.05) is 26.8 Å². The first kappa shape index (κ1) is 13.1. The van der Waals surface area contributed by atoms with Crippen molar-refractivity contribution in [3.63, 3.8) is 0 Å². The van der Waals surface area contributed by atoms with E-state index in [1.165, 1.54) is 9.08 Å². The van der Waals surface area contributed by atoms with Gasteiger partial charge in [0.15, 0.2) is 5.65 Å². The second-order valence-electron chi connectivity index (χ2n) is 5.75. The van der Waals surface area contributed by atoms with E-state index in [-0.39, 0.29) is 11.1 Å². The maximum absolute atomic E-state index is 12.2. The zero-order valence-electron chi connectivity index (χ0n) is 11.7. The molecule has 0 spiro atoms. The number of pyridine rings is 1. The van der Waals surface area contributed by atoms with Crippen LogP contribution in [-0.4, -0.2) is 19.2 Å². The molecule has 3 heterocycles. The van der Waals surface area contributed by atoms with Crippen molar-refractivity contribution in [3.05, 3.63) is 51.0 Å². The standard InChI is InChI=1S/C14H16N4OS/c1-14(2,3)10-9-20-12(15-10)8-18-13(19)17-7-5-4-6-11(17)16-18/h4-7,9H,8H2,1-3H3. The fourth-order valence-electron chi connectivity index (χ4n) is 1.93. The van der Waals surface area contributed by atoms with E-state index >= 15 is 0 Å². The summed E-state index contributed by atoms with van der Waals surface area (Å²) in [5.41, 5.74) is 1.60. The van der Waals surface area contributed by atoms with Crippen molar-refractivity contribution in [2.75, 3.05) is 0 Å². The van der Waals surface area contributed by atoms with E-state index in [1.807, 2.05) is 18.2 Å². The fourth-order valence-corrected chi connectivity index (χ4v) is 2.93. The molecule has 5 nitrogen and oxygen atoms in total. The van der Waals surface area contributed by atoms with Gasteiger partial charge in [0.25, 0.3) is 0 Å². The molecule has 20 heavy (non-hydrogen) atoms. The maximum Gasteiger partial charge on any atom is 0.350 e. The van der Waals surface area contributed by atoms with Crippen LogP contribution >= 0.6 is 11.3 Å². The first-order valence-electron chi connectivity index (χ1n) is 6.44. The van der Waals surface area contributed by atoms with Gasteiger partial charge in [-0.3, -0.25) is 4.40 Å². The van der Waals surface area contributed by atoms with Crippen LogP contribution in [0, 0.1) is 0 Å². The molecule has 0 saturated heterocycles. The monoisotopic (exact) mass is 288 g/mol. The highest BCUT2D eigenvalue weighted by Gasteiger charge is 2.18. The normalized spacial score (nSPS) is 12.2. The molecule has 0 aliphatic rings. The fraction of sp³-hybridized carbons (Fsp3) is 0.357. The molecule has 0 bridgehead atoms. The molecule has 0 atom stereocenters. The quantitative estimate of drug-likeness (QED) is 0.727. The summed E-state index contributed by atoms with van der Waals surface area (Å²) in [7, 11) is 0. The number of fused-ring (bicyclic) bond motifs is 1. The summed E-state index contributed by atoms with van der Waals surface area (Å²) in [5, 5.41) is 7.27. The number of nitrogens with zero attached hydrogens (tertiary/aromatic N) is 4. The molecule has 0 N–H and O–H groups in total. The molecule has 0 aliphatic carbocycles. The highest BCUT2D eigenvalue weighted by Crippen LogP contribution is 2.23. The Labute approximate surface area is 120 Å². The van der Waals surface area contributed by atoms with Gasteiger partial charge in [0.05, 0.1) is 12.2 Å². The topological polar surface area (TPSA) is 52.2 Å². The van der Waals surface area contributed by atoms with E-state index in [2.05, 4.69) is 36.2 Å². The lowest BCUT2D eigenvalue weighted by molar-refractivity contribution is 0.566. The minimum Gasteiger partial charge on any atom is -0.250 e. The van der Waals surface area contributed by atoms with Crippen LogP contribution in [0.1, 0.15) is 31.5 Å². The van der Waals surface area contributed by atoms with Crippen LogP contribution in [0.4, 0.5) is 0 Å². The van der Waals surface area contributed by atoms with Crippen LogP contribution in [-0.2, 0) is 12.0 Å². The molecule has 3 rings (SSSR count). The van der Waals surface area contributed by atoms with Gasteiger partial charge in [0.1, 0.15) is 5.01 Å².